The van der Waals surface area contributed by atoms with E-state index in [9.17, 15) is 0 Å². The molecule has 0 bridgehead atoms. The van der Waals surface area contributed by atoms with Crippen LogP contribution in [0, 0.1) is 0 Å². The lowest BCUT2D eigenvalue weighted by atomic mass is 10.1. The fourth-order valence-corrected chi connectivity index (χ4v) is 3.50. The number of aliphatic imine (C=N–C) groups is 1. The average Bonchev–Trinajstić information content (AvgIpc) is 2.84. The van der Waals surface area contributed by atoms with E-state index >= 15 is 0 Å². The van der Waals surface area contributed by atoms with Gasteiger partial charge in [0, 0.05) is 10.4 Å². The van der Waals surface area contributed by atoms with Crippen LogP contribution in [-0.4, -0.2) is 23.0 Å². The van der Waals surface area contributed by atoms with Gasteiger partial charge in [0.05, 0.1) is 6.54 Å². The average molecular weight is 405 g/mol. The number of halogens is 1. The van der Waals surface area contributed by atoms with Crippen LogP contribution in [0.3, 0.4) is 0 Å². The maximum atomic E-state index is 5.96. The largest absolute Gasteiger partial charge is 0.370 e. The minimum Gasteiger partial charge on any atom is -0.370 e. The number of guanidine groups is 1. The molecule has 1 unspecified atom stereocenters. The van der Waals surface area contributed by atoms with Crippen LogP contribution in [-0.2, 0) is 6.42 Å². The fourth-order valence-electron chi connectivity index (χ4n) is 2.27. The molecular weight excluding hydrogens is 381 g/mol. The Morgan fingerprint density at radius 2 is 2.30 bits per heavy atom. The molecule has 1 saturated heterocycles. The molecule has 3 nitrogen and oxygen atoms in total. The normalized spacial score (nSPS) is 22.4. The monoisotopic (exact) mass is 405 g/mol. The third-order valence-corrected chi connectivity index (χ3v) is 5.01. The van der Waals surface area contributed by atoms with Gasteiger partial charge in [0.2, 0.25) is 0 Å². The number of nitrogens with one attached hydrogen (secondary N) is 1. The number of rotatable bonds is 4. The number of hydrogen-bond acceptors (Lipinski definition) is 2. The highest BCUT2D eigenvalue weighted by atomic mass is 127. The Morgan fingerprint density at radius 1 is 1.50 bits per heavy atom. The first-order valence-electron chi connectivity index (χ1n) is 6.91. The molecule has 0 amide bonds. The molecule has 0 spiro atoms. The SMILES string of the molecule is CCc1cccc(NC(N)=NCC2(C)CCCS2)c1.I. The van der Waals surface area contributed by atoms with E-state index < -0.39 is 0 Å². The molecule has 112 valence electrons. The van der Waals surface area contributed by atoms with E-state index in [4.69, 9.17) is 5.73 Å². The summed E-state index contributed by atoms with van der Waals surface area (Å²) < 4.78 is 0.275. The van der Waals surface area contributed by atoms with Crippen LogP contribution < -0.4 is 11.1 Å². The van der Waals surface area contributed by atoms with Gasteiger partial charge in [-0.25, -0.2) is 0 Å². The summed E-state index contributed by atoms with van der Waals surface area (Å²) in [7, 11) is 0. The third-order valence-electron chi connectivity index (χ3n) is 3.49. The van der Waals surface area contributed by atoms with Gasteiger partial charge in [0.25, 0.3) is 0 Å². The van der Waals surface area contributed by atoms with Gasteiger partial charge in [-0.3, -0.25) is 4.99 Å². The van der Waals surface area contributed by atoms with E-state index in [1.807, 2.05) is 23.9 Å². The van der Waals surface area contributed by atoms with Crippen molar-refractivity contribution in [3.8, 4) is 0 Å². The maximum Gasteiger partial charge on any atom is 0.193 e. The van der Waals surface area contributed by atoms with Crippen LogP contribution in [0.5, 0.6) is 0 Å². The topological polar surface area (TPSA) is 50.4 Å². The van der Waals surface area contributed by atoms with Crippen LogP contribution in [0.4, 0.5) is 5.69 Å². The third kappa shape index (κ3) is 5.16. The van der Waals surface area contributed by atoms with Crippen LogP contribution in [0.2, 0.25) is 0 Å². The van der Waals surface area contributed by atoms with Crippen molar-refractivity contribution in [3.63, 3.8) is 0 Å². The molecule has 0 radical (unpaired) electrons. The number of anilines is 1. The van der Waals surface area contributed by atoms with Crippen LogP contribution in [0.1, 0.15) is 32.3 Å². The Labute approximate surface area is 143 Å². The Bertz CT molecular complexity index is 456. The van der Waals surface area contributed by atoms with Crippen molar-refractivity contribution < 1.29 is 0 Å². The van der Waals surface area contributed by atoms with E-state index in [1.165, 1.54) is 24.2 Å². The number of aryl methyl sites for hydroxylation is 1. The second-order valence-corrected chi connectivity index (χ2v) is 6.96. The van der Waals surface area contributed by atoms with Gasteiger partial charge in [-0.15, -0.1) is 24.0 Å². The first-order chi connectivity index (χ1) is 9.11. The molecule has 1 atom stereocenters. The van der Waals surface area contributed by atoms with Crippen molar-refractivity contribution in [1.29, 1.82) is 0 Å². The van der Waals surface area contributed by atoms with Crippen LogP contribution in [0.25, 0.3) is 0 Å². The molecule has 2 rings (SSSR count). The minimum atomic E-state index is 0. The van der Waals surface area contributed by atoms with Gasteiger partial charge in [-0.1, -0.05) is 19.1 Å². The highest BCUT2D eigenvalue weighted by molar-refractivity contribution is 14.0. The number of thioether (sulfide) groups is 1. The highest BCUT2D eigenvalue weighted by Crippen LogP contribution is 2.37. The second kappa shape index (κ2) is 8.12. The molecule has 0 aliphatic carbocycles. The number of hydrogen-bond donors (Lipinski definition) is 2. The summed E-state index contributed by atoms with van der Waals surface area (Å²) in [6.07, 6.45) is 3.56. The van der Waals surface area contributed by atoms with Gasteiger partial charge in [-0.05, 0) is 49.6 Å². The lowest BCUT2D eigenvalue weighted by molar-refractivity contribution is 0.619. The smallest absolute Gasteiger partial charge is 0.193 e. The maximum absolute atomic E-state index is 5.96. The van der Waals surface area contributed by atoms with Crippen molar-refractivity contribution in [2.24, 2.45) is 10.7 Å². The summed E-state index contributed by atoms with van der Waals surface area (Å²) in [4.78, 5) is 4.49. The van der Waals surface area contributed by atoms with E-state index in [2.05, 4.69) is 36.3 Å². The molecule has 0 aromatic heterocycles. The van der Waals surface area contributed by atoms with Gasteiger partial charge >= 0.3 is 0 Å². The van der Waals surface area contributed by atoms with Gasteiger partial charge < -0.3 is 11.1 Å². The Kier molecular flexibility index (Phi) is 7.15. The molecule has 5 heteroatoms. The predicted molar refractivity (Wildman–Crippen MR) is 101 cm³/mol. The van der Waals surface area contributed by atoms with Crippen LogP contribution >= 0.6 is 35.7 Å². The molecule has 3 N–H and O–H groups in total. The summed E-state index contributed by atoms with van der Waals surface area (Å²) >= 11 is 2.01. The van der Waals surface area contributed by atoms with Crippen LogP contribution in [0.15, 0.2) is 29.3 Å². The number of nitrogens with zero attached hydrogens (tertiary/aromatic N) is 1. The Morgan fingerprint density at radius 3 is 2.95 bits per heavy atom. The van der Waals surface area contributed by atoms with E-state index in [0.717, 1.165) is 18.7 Å². The van der Waals surface area contributed by atoms with Gasteiger partial charge in [0.1, 0.15) is 0 Å². The van der Waals surface area contributed by atoms with E-state index in [0.29, 0.717) is 5.96 Å². The molecule has 1 aliphatic rings. The van der Waals surface area contributed by atoms with Crippen molar-refractivity contribution >= 4 is 47.4 Å². The lowest BCUT2D eigenvalue weighted by Gasteiger charge is -2.20. The Balaban J connectivity index is 0.00000200. The van der Waals surface area contributed by atoms with Gasteiger partial charge in [0.15, 0.2) is 5.96 Å². The van der Waals surface area contributed by atoms with E-state index in [-0.39, 0.29) is 28.7 Å². The standard InChI is InChI=1S/C15H23N3S.HI/c1-3-12-6-4-7-13(10-12)18-14(16)17-11-15(2)8-5-9-19-15;/h4,6-7,10H,3,5,8-9,11H2,1-2H3,(H3,16,17,18);1H. The molecule has 0 saturated carbocycles. The summed E-state index contributed by atoms with van der Waals surface area (Å²) in [6, 6.07) is 8.30. The van der Waals surface area contributed by atoms with E-state index in [1.54, 1.807) is 0 Å². The number of nitrogens with two attached hydrogens (primary N) is 1. The van der Waals surface area contributed by atoms with Crippen molar-refractivity contribution in [2.75, 3.05) is 17.6 Å². The zero-order valence-corrected chi connectivity index (χ0v) is 15.3. The van der Waals surface area contributed by atoms with Crippen molar-refractivity contribution in [3.05, 3.63) is 29.8 Å². The quantitative estimate of drug-likeness (QED) is 0.454. The molecule has 1 aliphatic heterocycles. The molecule has 1 aromatic rings. The lowest BCUT2D eigenvalue weighted by Crippen LogP contribution is -2.27. The zero-order chi connectivity index (χ0) is 13.7. The second-order valence-electron chi connectivity index (χ2n) is 5.28. The van der Waals surface area contributed by atoms with Gasteiger partial charge in [-0.2, -0.15) is 11.8 Å². The first-order valence-corrected chi connectivity index (χ1v) is 7.90. The summed E-state index contributed by atoms with van der Waals surface area (Å²) in [5.41, 5.74) is 8.28. The van der Waals surface area contributed by atoms with Crippen molar-refractivity contribution in [1.82, 2.24) is 0 Å². The highest BCUT2D eigenvalue weighted by Gasteiger charge is 2.28. The minimum absolute atomic E-state index is 0. The zero-order valence-electron chi connectivity index (χ0n) is 12.2. The number of benzene rings is 1. The predicted octanol–water partition coefficient (Wildman–Crippen LogP) is 3.88. The molecular formula is C15H24IN3S. The molecule has 20 heavy (non-hydrogen) atoms. The molecule has 1 fully saturated rings. The summed E-state index contributed by atoms with van der Waals surface area (Å²) in [5, 5.41) is 3.18. The van der Waals surface area contributed by atoms with Crippen molar-refractivity contribution in [2.45, 2.75) is 37.9 Å². The first kappa shape index (κ1) is 17.6. The molecule has 1 aromatic carbocycles. The summed E-state index contributed by atoms with van der Waals surface area (Å²) in [6.45, 7) is 5.22. The molecule has 1 heterocycles. The fraction of sp³-hybridized carbons (Fsp3) is 0.533. The Hall–Kier alpha value is -0.430. The summed E-state index contributed by atoms with van der Waals surface area (Å²) in [5.74, 6) is 1.76.